The molecule has 160 valence electrons. The lowest BCUT2D eigenvalue weighted by atomic mass is 10.1. The predicted molar refractivity (Wildman–Crippen MR) is 121 cm³/mol. The number of nitrogen functional groups attached to an aromatic ring is 2. The Morgan fingerprint density at radius 1 is 1.29 bits per heavy atom. The van der Waals surface area contributed by atoms with E-state index in [0.717, 1.165) is 26.5 Å². The van der Waals surface area contributed by atoms with E-state index in [2.05, 4.69) is 30.9 Å². The highest BCUT2D eigenvalue weighted by Crippen LogP contribution is 2.36. The Labute approximate surface area is 186 Å². The molecule has 5 N–H and O–H groups in total. The SMILES string of the molecule is Cc1cc(N)c2ccc(OC[C@H]3O[C@@H](n4cc(Br)c5c(N)ncnc54)C[C@@H]3O)cc2n1. The van der Waals surface area contributed by atoms with Gasteiger partial charge < -0.3 is 30.6 Å². The van der Waals surface area contributed by atoms with Crippen LogP contribution in [0.1, 0.15) is 18.3 Å². The molecule has 0 radical (unpaired) electrons. The molecule has 0 aliphatic carbocycles. The number of ether oxygens (including phenoxy) is 2. The third-order valence-corrected chi connectivity index (χ3v) is 6.06. The second-order valence-corrected chi connectivity index (χ2v) is 8.47. The van der Waals surface area contributed by atoms with Gasteiger partial charge in [0.25, 0.3) is 0 Å². The molecule has 1 fully saturated rings. The van der Waals surface area contributed by atoms with E-state index in [0.29, 0.717) is 29.3 Å². The van der Waals surface area contributed by atoms with Gasteiger partial charge in [-0.25, -0.2) is 9.97 Å². The number of fused-ring (bicyclic) bond motifs is 2. The highest BCUT2D eigenvalue weighted by Gasteiger charge is 2.36. The molecular weight excluding hydrogens is 464 g/mol. The number of hydrogen-bond donors (Lipinski definition) is 3. The number of pyridine rings is 1. The number of halogens is 1. The topological polar surface area (TPSA) is 134 Å². The molecule has 0 unspecified atom stereocenters. The molecule has 5 rings (SSSR count). The minimum atomic E-state index is -0.683. The summed E-state index contributed by atoms with van der Waals surface area (Å²) in [5, 5.41) is 12.2. The third kappa shape index (κ3) is 3.56. The Balaban J connectivity index is 1.33. The van der Waals surface area contributed by atoms with Crippen molar-refractivity contribution in [2.45, 2.75) is 31.8 Å². The van der Waals surface area contributed by atoms with E-state index >= 15 is 0 Å². The molecule has 1 saturated heterocycles. The van der Waals surface area contributed by atoms with Gasteiger partial charge >= 0.3 is 0 Å². The standard InChI is InChI=1S/C21H21BrN6O3/c1-10-4-14(23)12-3-2-11(5-15(12)27-10)30-8-17-16(29)6-18(31-17)28-7-13(22)19-20(24)25-9-26-21(19)28/h2-5,7,9,16-18,29H,6,8H2,1H3,(H2,23,27)(H2,24,25,26)/t16-,17+,18+/m0/s1. The van der Waals surface area contributed by atoms with Crippen molar-refractivity contribution >= 4 is 49.4 Å². The molecule has 1 aromatic carbocycles. The first kappa shape index (κ1) is 20.0. The summed E-state index contributed by atoms with van der Waals surface area (Å²) in [5.41, 5.74) is 15.0. The predicted octanol–water partition coefficient (Wildman–Crippen LogP) is 2.94. The Kier molecular flexibility index (Phi) is 4.92. The minimum Gasteiger partial charge on any atom is -0.491 e. The van der Waals surface area contributed by atoms with E-state index in [-0.39, 0.29) is 6.61 Å². The van der Waals surface area contributed by atoms with E-state index in [4.69, 9.17) is 20.9 Å². The fraction of sp³-hybridized carbons (Fsp3) is 0.286. The Morgan fingerprint density at radius 3 is 2.97 bits per heavy atom. The molecule has 3 atom stereocenters. The van der Waals surface area contributed by atoms with Gasteiger partial charge in [0, 0.05) is 39.9 Å². The van der Waals surface area contributed by atoms with E-state index in [1.165, 1.54) is 6.33 Å². The zero-order valence-corrected chi connectivity index (χ0v) is 18.3. The van der Waals surface area contributed by atoms with Crippen molar-refractivity contribution in [3.63, 3.8) is 0 Å². The number of nitrogens with zero attached hydrogens (tertiary/aromatic N) is 4. The molecule has 10 heteroatoms. The third-order valence-electron chi connectivity index (χ3n) is 5.46. The van der Waals surface area contributed by atoms with Gasteiger partial charge in [0.15, 0.2) is 0 Å². The first-order valence-corrected chi connectivity index (χ1v) is 10.6. The summed E-state index contributed by atoms with van der Waals surface area (Å²) < 4.78 is 14.6. The van der Waals surface area contributed by atoms with E-state index in [1.54, 1.807) is 0 Å². The van der Waals surface area contributed by atoms with Crippen molar-refractivity contribution in [3.05, 3.63) is 47.0 Å². The number of nitrogens with two attached hydrogens (primary N) is 2. The van der Waals surface area contributed by atoms with Gasteiger partial charge in [0.05, 0.1) is 17.0 Å². The van der Waals surface area contributed by atoms with Crippen LogP contribution in [0, 0.1) is 6.92 Å². The Hall–Kier alpha value is -2.95. The molecule has 1 aliphatic heterocycles. The lowest BCUT2D eigenvalue weighted by Crippen LogP contribution is -2.28. The van der Waals surface area contributed by atoms with Gasteiger partial charge in [-0.05, 0) is 41.1 Å². The number of aliphatic hydroxyl groups is 1. The van der Waals surface area contributed by atoms with Crippen LogP contribution in [-0.4, -0.2) is 43.4 Å². The average molecular weight is 485 g/mol. The van der Waals surface area contributed by atoms with Crippen LogP contribution >= 0.6 is 15.9 Å². The van der Waals surface area contributed by atoms with Crippen molar-refractivity contribution in [1.29, 1.82) is 0 Å². The average Bonchev–Trinajstić information content (AvgIpc) is 3.26. The van der Waals surface area contributed by atoms with Crippen molar-refractivity contribution in [2.24, 2.45) is 0 Å². The summed E-state index contributed by atoms with van der Waals surface area (Å²) in [6, 6.07) is 7.40. The van der Waals surface area contributed by atoms with Gasteiger partial charge in [-0.1, -0.05) is 0 Å². The molecule has 0 amide bonds. The van der Waals surface area contributed by atoms with Crippen molar-refractivity contribution < 1.29 is 14.6 Å². The van der Waals surface area contributed by atoms with Crippen LogP contribution in [0.15, 0.2) is 41.3 Å². The normalized spacial score (nSPS) is 21.2. The number of benzene rings is 1. The van der Waals surface area contributed by atoms with Crippen LogP contribution in [-0.2, 0) is 4.74 Å². The zero-order valence-electron chi connectivity index (χ0n) is 16.7. The van der Waals surface area contributed by atoms with Crippen LogP contribution in [0.25, 0.3) is 21.9 Å². The molecule has 9 nitrogen and oxygen atoms in total. The number of hydrogen-bond acceptors (Lipinski definition) is 8. The fourth-order valence-electron chi connectivity index (χ4n) is 3.96. The second kappa shape index (κ2) is 7.63. The van der Waals surface area contributed by atoms with Crippen molar-refractivity contribution in [1.82, 2.24) is 19.5 Å². The second-order valence-electron chi connectivity index (χ2n) is 7.62. The van der Waals surface area contributed by atoms with Crippen LogP contribution in [0.5, 0.6) is 5.75 Å². The highest BCUT2D eigenvalue weighted by molar-refractivity contribution is 9.10. The maximum atomic E-state index is 10.6. The summed E-state index contributed by atoms with van der Waals surface area (Å²) in [6.45, 7) is 2.09. The van der Waals surface area contributed by atoms with E-state index in [1.807, 2.05) is 42.0 Å². The molecule has 0 saturated carbocycles. The number of aliphatic hydroxyl groups excluding tert-OH is 1. The van der Waals surface area contributed by atoms with E-state index in [9.17, 15) is 5.11 Å². The smallest absolute Gasteiger partial charge is 0.148 e. The maximum absolute atomic E-state index is 10.6. The summed E-state index contributed by atoms with van der Waals surface area (Å²) in [6.07, 6.45) is 2.09. The summed E-state index contributed by atoms with van der Waals surface area (Å²) in [5.74, 6) is 1.02. The summed E-state index contributed by atoms with van der Waals surface area (Å²) in [7, 11) is 0. The first-order valence-electron chi connectivity index (χ1n) is 9.80. The molecule has 3 aromatic heterocycles. The first-order chi connectivity index (χ1) is 14.9. The number of aryl methyl sites for hydroxylation is 1. The van der Waals surface area contributed by atoms with Crippen LogP contribution in [0.3, 0.4) is 0 Å². The van der Waals surface area contributed by atoms with Gasteiger partial charge in [0.2, 0.25) is 0 Å². The van der Waals surface area contributed by atoms with Gasteiger partial charge in [-0.15, -0.1) is 0 Å². The molecular formula is C21H21BrN6O3. The lowest BCUT2D eigenvalue weighted by Gasteiger charge is -2.17. The minimum absolute atomic E-state index is 0.196. The number of rotatable bonds is 4. The van der Waals surface area contributed by atoms with Crippen LogP contribution < -0.4 is 16.2 Å². The quantitative estimate of drug-likeness (QED) is 0.402. The van der Waals surface area contributed by atoms with Gasteiger partial charge in [0.1, 0.15) is 42.5 Å². The molecule has 1 aliphatic rings. The molecule has 31 heavy (non-hydrogen) atoms. The summed E-state index contributed by atoms with van der Waals surface area (Å²) >= 11 is 3.50. The molecule has 4 heterocycles. The Morgan fingerprint density at radius 2 is 2.13 bits per heavy atom. The Bertz CT molecular complexity index is 1290. The molecule has 0 spiro atoms. The van der Waals surface area contributed by atoms with Crippen LogP contribution in [0.4, 0.5) is 11.5 Å². The van der Waals surface area contributed by atoms with E-state index < -0.39 is 18.4 Å². The van der Waals surface area contributed by atoms with Crippen molar-refractivity contribution in [2.75, 3.05) is 18.1 Å². The maximum Gasteiger partial charge on any atom is 0.148 e. The monoisotopic (exact) mass is 484 g/mol. The van der Waals surface area contributed by atoms with Gasteiger partial charge in [-0.3, -0.25) is 4.98 Å². The number of anilines is 2. The lowest BCUT2D eigenvalue weighted by molar-refractivity contribution is -0.0379. The number of aromatic nitrogens is 4. The van der Waals surface area contributed by atoms with Crippen LogP contribution in [0.2, 0.25) is 0 Å². The van der Waals surface area contributed by atoms with Gasteiger partial charge in [-0.2, -0.15) is 0 Å². The molecule has 4 aromatic rings. The van der Waals surface area contributed by atoms with Crippen molar-refractivity contribution in [3.8, 4) is 5.75 Å². The fourth-order valence-corrected chi connectivity index (χ4v) is 4.56. The summed E-state index contributed by atoms with van der Waals surface area (Å²) in [4.78, 5) is 12.9. The zero-order chi connectivity index (χ0) is 21.7. The highest BCUT2D eigenvalue weighted by atomic mass is 79.9. The molecule has 0 bridgehead atoms. The largest absolute Gasteiger partial charge is 0.491 e.